The summed E-state index contributed by atoms with van der Waals surface area (Å²) in [7, 11) is 0. The summed E-state index contributed by atoms with van der Waals surface area (Å²) in [5.74, 6) is -2.28. The zero-order valence-corrected chi connectivity index (χ0v) is 15.3. The van der Waals surface area contributed by atoms with E-state index in [1.807, 2.05) is 0 Å². The van der Waals surface area contributed by atoms with Gasteiger partial charge in [-0.05, 0) is 30.5 Å². The maximum Gasteiger partial charge on any atom is 0.408 e. The molecule has 0 bridgehead atoms. The van der Waals surface area contributed by atoms with Crippen LogP contribution < -0.4 is 19.6 Å². The Labute approximate surface area is 158 Å². The summed E-state index contributed by atoms with van der Waals surface area (Å²) in [4.78, 5) is 47.8. The Bertz CT molecular complexity index is 1040. The molecule has 146 valence electrons. The average molecular weight is 388 g/mol. The molecule has 0 spiro atoms. The van der Waals surface area contributed by atoms with Crippen molar-refractivity contribution in [1.29, 1.82) is 0 Å². The van der Waals surface area contributed by atoms with Gasteiger partial charge in [-0.2, -0.15) is 0 Å². The van der Waals surface area contributed by atoms with E-state index in [1.165, 1.54) is 25.1 Å². The zero-order chi connectivity index (χ0) is 20.4. The van der Waals surface area contributed by atoms with Gasteiger partial charge in [0, 0.05) is 13.8 Å². The summed E-state index contributed by atoms with van der Waals surface area (Å²) >= 11 is 0. The molecule has 1 aliphatic heterocycles. The molecule has 2 aromatic carbocycles. The highest BCUT2D eigenvalue weighted by molar-refractivity contribution is 5.98. The highest BCUT2D eigenvalue weighted by Crippen LogP contribution is 2.40. The summed E-state index contributed by atoms with van der Waals surface area (Å²) in [5, 5.41) is 0.316. The summed E-state index contributed by atoms with van der Waals surface area (Å²) in [6, 6.07) is 5.56. The number of carbonyl (C=O) groups is 3. The molecule has 0 saturated heterocycles. The second-order valence-corrected chi connectivity index (χ2v) is 5.74. The third-order valence-electron chi connectivity index (χ3n) is 3.67. The third-order valence-corrected chi connectivity index (χ3v) is 3.67. The first kappa shape index (κ1) is 19.2. The van der Waals surface area contributed by atoms with Gasteiger partial charge in [-0.15, -0.1) is 0 Å². The standard InChI is InChI=1S/C19H16O9/c1-4-24-18(23)12-7-11-5-6-13-17(28-19(27-13)26-10(3)21)15(11)16(22)14(8-12)25-9(2)20/h5-8,19H,4H2,1-3H3. The van der Waals surface area contributed by atoms with Crippen LogP contribution in [0, 0.1) is 0 Å². The lowest BCUT2D eigenvalue weighted by Gasteiger charge is -2.08. The Kier molecular flexibility index (Phi) is 5.16. The Hall–Kier alpha value is -3.62. The molecule has 0 radical (unpaired) electrons. The number of benzene rings is 1. The second kappa shape index (κ2) is 7.55. The lowest BCUT2D eigenvalue weighted by atomic mass is 10.1. The summed E-state index contributed by atoms with van der Waals surface area (Å²) < 4.78 is 25.6. The molecule has 3 rings (SSSR count). The first-order valence-corrected chi connectivity index (χ1v) is 8.31. The Morgan fingerprint density at radius 1 is 1.07 bits per heavy atom. The molecule has 2 aromatic rings. The summed E-state index contributed by atoms with van der Waals surface area (Å²) in [5.41, 5.74) is -0.690. The lowest BCUT2D eigenvalue weighted by Crippen LogP contribution is -2.24. The Morgan fingerprint density at radius 3 is 2.46 bits per heavy atom. The minimum atomic E-state index is -1.36. The Balaban J connectivity index is 2.24. The van der Waals surface area contributed by atoms with Gasteiger partial charge in [0.05, 0.1) is 17.6 Å². The van der Waals surface area contributed by atoms with E-state index in [9.17, 15) is 19.2 Å². The number of rotatable bonds is 4. The van der Waals surface area contributed by atoms with Crippen LogP contribution in [0.15, 0.2) is 29.1 Å². The van der Waals surface area contributed by atoms with Crippen LogP contribution in [0.3, 0.4) is 0 Å². The Morgan fingerprint density at radius 2 is 1.82 bits per heavy atom. The number of fused-ring (bicyclic) bond motifs is 3. The van der Waals surface area contributed by atoms with Gasteiger partial charge < -0.3 is 23.7 Å². The fraction of sp³-hybridized carbons (Fsp3) is 0.263. The molecule has 0 aromatic heterocycles. The van der Waals surface area contributed by atoms with Gasteiger partial charge in [0.2, 0.25) is 5.43 Å². The smallest absolute Gasteiger partial charge is 0.408 e. The van der Waals surface area contributed by atoms with Crippen molar-refractivity contribution in [3.8, 4) is 17.2 Å². The number of hydrogen-bond acceptors (Lipinski definition) is 9. The predicted molar refractivity (Wildman–Crippen MR) is 94.3 cm³/mol. The van der Waals surface area contributed by atoms with E-state index >= 15 is 0 Å². The van der Waals surface area contributed by atoms with Crippen LogP contribution >= 0.6 is 0 Å². The van der Waals surface area contributed by atoms with Crippen LogP contribution in [0.2, 0.25) is 0 Å². The highest BCUT2D eigenvalue weighted by Gasteiger charge is 2.30. The molecular weight excluding hydrogens is 372 g/mol. The monoisotopic (exact) mass is 388 g/mol. The normalized spacial score (nSPS) is 14.5. The van der Waals surface area contributed by atoms with E-state index in [-0.39, 0.29) is 34.8 Å². The molecule has 1 atom stereocenters. The number of carbonyl (C=O) groups excluding carboxylic acids is 3. The van der Waals surface area contributed by atoms with Crippen LogP contribution in [-0.4, -0.2) is 31.0 Å². The molecule has 0 N–H and O–H groups in total. The van der Waals surface area contributed by atoms with Crippen molar-refractivity contribution in [1.82, 2.24) is 0 Å². The van der Waals surface area contributed by atoms with Crippen LogP contribution in [-0.2, 0) is 19.1 Å². The molecule has 1 unspecified atom stereocenters. The second-order valence-electron chi connectivity index (χ2n) is 5.74. The SMILES string of the molecule is CCOC(=O)c1cc(OC(C)=O)c(=O)c2c3c(ccc2c1)OC(OC(C)=O)O3. The fourth-order valence-corrected chi connectivity index (χ4v) is 2.65. The number of ether oxygens (including phenoxy) is 5. The van der Waals surface area contributed by atoms with Crippen molar-refractivity contribution >= 4 is 28.7 Å². The van der Waals surface area contributed by atoms with E-state index in [0.29, 0.717) is 5.39 Å². The molecular formula is C19H16O9. The van der Waals surface area contributed by atoms with Gasteiger partial charge in [-0.3, -0.25) is 14.4 Å². The quantitative estimate of drug-likeness (QED) is 0.725. The predicted octanol–water partition coefficient (Wildman–Crippen LogP) is 1.92. The minimum Gasteiger partial charge on any atom is -0.462 e. The largest absolute Gasteiger partial charge is 0.462 e. The molecule has 9 nitrogen and oxygen atoms in total. The first-order valence-electron chi connectivity index (χ1n) is 8.31. The molecule has 1 aliphatic rings. The van der Waals surface area contributed by atoms with Crippen LogP contribution in [0.1, 0.15) is 31.1 Å². The van der Waals surface area contributed by atoms with Gasteiger partial charge in [0.25, 0.3) is 0 Å². The van der Waals surface area contributed by atoms with Gasteiger partial charge in [0.15, 0.2) is 17.2 Å². The van der Waals surface area contributed by atoms with E-state index < -0.39 is 29.8 Å². The van der Waals surface area contributed by atoms with Crippen molar-refractivity contribution in [3.05, 3.63) is 40.1 Å². The molecule has 0 fully saturated rings. The number of hydrogen-bond donors (Lipinski definition) is 0. The van der Waals surface area contributed by atoms with E-state index in [4.69, 9.17) is 23.7 Å². The van der Waals surface area contributed by atoms with E-state index in [2.05, 4.69) is 0 Å². The van der Waals surface area contributed by atoms with Gasteiger partial charge >= 0.3 is 24.4 Å². The highest BCUT2D eigenvalue weighted by atomic mass is 16.9. The van der Waals surface area contributed by atoms with E-state index in [0.717, 1.165) is 13.0 Å². The fourth-order valence-electron chi connectivity index (χ4n) is 2.65. The van der Waals surface area contributed by atoms with Gasteiger partial charge in [-0.1, -0.05) is 6.07 Å². The number of esters is 3. The maximum absolute atomic E-state index is 13.0. The zero-order valence-electron chi connectivity index (χ0n) is 15.3. The van der Waals surface area contributed by atoms with Crippen LogP contribution in [0.5, 0.6) is 17.2 Å². The molecule has 1 heterocycles. The molecule has 0 amide bonds. The third kappa shape index (κ3) is 3.73. The topological polar surface area (TPSA) is 114 Å². The van der Waals surface area contributed by atoms with Crippen molar-refractivity contribution in [2.75, 3.05) is 6.61 Å². The van der Waals surface area contributed by atoms with Crippen LogP contribution in [0.25, 0.3) is 10.8 Å². The van der Waals surface area contributed by atoms with Gasteiger partial charge in [-0.25, -0.2) is 4.79 Å². The van der Waals surface area contributed by atoms with Gasteiger partial charge in [0.1, 0.15) is 0 Å². The van der Waals surface area contributed by atoms with Crippen molar-refractivity contribution in [3.63, 3.8) is 0 Å². The van der Waals surface area contributed by atoms with Crippen molar-refractivity contribution in [2.45, 2.75) is 27.2 Å². The molecule has 28 heavy (non-hydrogen) atoms. The molecule has 0 aliphatic carbocycles. The summed E-state index contributed by atoms with van der Waals surface area (Å²) in [6.07, 6.45) is 0. The lowest BCUT2D eigenvalue weighted by molar-refractivity contribution is -0.192. The average Bonchev–Trinajstić information content (AvgIpc) is 2.94. The molecule has 9 heteroatoms. The first-order chi connectivity index (χ1) is 13.3. The van der Waals surface area contributed by atoms with E-state index in [1.54, 1.807) is 6.92 Å². The van der Waals surface area contributed by atoms with Crippen LogP contribution in [0.4, 0.5) is 0 Å². The summed E-state index contributed by atoms with van der Waals surface area (Å²) in [6.45, 7) is 2.71. The minimum absolute atomic E-state index is 0.000972. The van der Waals surface area contributed by atoms with Crippen molar-refractivity contribution < 1.29 is 38.1 Å². The van der Waals surface area contributed by atoms with Crippen molar-refractivity contribution in [2.24, 2.45) is 0 Å². The molecule has 0 saturated carbocycles. The maximum atomic E-state index is 13.0.